The second-order valence-electron chi connectivity index (χ2n) is 7.73. The molecule has 0 aliphatic rings. The van der Waals surface area contributed by atoms with E-state index in [-0.39, 0.29) is 11.8 Å². The summed E-state index contributed by atoms with van der Waals surface area (Å²) in [5, 5.41) is 3.46. The van der Waals surface area contributed by atoms with E-state index in [2.05, 4.69) is 5.32 Å². The number of halogens is 1. The van der Waals surface area contributed by atoms with Gasteiger partial charge in [0.15, 0.2) is 0 Å². The molecule has 6 heteroatoms. The first-order valence-corrected chi connectivity index (χ1v) is 12.4. The van der Waals surface area contributed by atoms with E-state index < -0.39 is 6.04 Å². The van der Waals surface area contributed by atoms with Crippen molar-refractivity contribution in [3.8, 4) is 0 Å². The van der Waals surface area contributed by atoms with Crippen LogP contribution in [0.15, 0.2) is 89.8 Å². The molecule has 0 aromatic heterocycles. The van der Waals surface area contributed by atoms with E-state index in [0.29, 0.717) is 24.4 Å². The Morgan fingerprint density at radius 2 is 1.52 bits per heavy atom. The first kappa shape index (κ1) is 24.9. The summed E-state index contributed by atoms with van der Waals surface area (Å²) in [6.07, 6.45) is 1.58. The molecule has 0 radical (unpaired) electrons. The Morgan fingerprint density at radius 1 is 0.909 bits per heavy atom. The van der Waals surface area contributed by atoms with Gasteiger partial charge in [-0.15, -0.1) is 11.8 Å². The first-order valence-electron chi connectivity index (χ1n) is 11.0. The molecular weight excluding hydrogens is 452 g/mol. The molecule has 1 N–H and O–H groups in total. The highest BCUT2D eigenvalue weighted by Crippen LogP contribution is 2.22. The smallest absolute Gasteiger partial charge is 0.242 e. The number of hydrogen-bond donors (Lipinski definition) is 1. The van der Waals surface area contributed by atoms with Crippen LogP contribution in [0, 0.1) is 0 Å². The average molecular weight is 481 g/mol. The summed E-state index contributed by atoms with van der Waals surface area (Å²) in [6, 6.07) is 26.8. The Morgan fingerprint density at radius 3 is 2.12 bits per heavy atom. The maximum Gasteiger partial charge on any atom is 0.242 e. The quantitative estimate of drug-likeness (QED) is 0.287. The third-order valence-corrected chi connectivity index (χ3v) is 6.68. The van der Waals surface area contributed by atoms with Crippen molar-refractivity contribution >= 4 is 35.2 Å². The summed E-state index contributed by atoms with van der Waals surface area (Å²) in [5.41, 5.74) is 2.03. The molecule has 1 unspecified atom stereocenters. The van der Waals surface area contributed by atoms with Crippen molar-refractivity contribution < 1.29 is 9.59 Å². The maximum absolute atomic E-state index is 13.4. The van der Waals surface area contributed by atoms with Crippen LogP contribution in [0.2, 0.25) is 5.02 Å². The van der Waals surface area contributed by atoms with Gasteiger partial charge >= 0.3 is 0 Å². The normalized spacial score (nSPS) is 11.6. The maximum atomic E-state index is 13.4. The number of amides is 2. The van der Waals surface area contributed by atoms with Crippen LogP contribution >= 0.6 is 23.4 Å². The molecular formula is C27H29ClN2O2S. The second kappa shape index (κ2) is 13.1. The lowest BCUT2D eigenvalue weighted by Crippen LogP contribution is -2.49. The summed E-state index contributed by atoms with van der Waals surface area (Å²) in [7, 11) is 1.62. The molecule has 3 aromatic rings. The molecule has 0 fully saturated rings. The van der Waals surface area contributed by atoms with E-state index in [4.69, 9.17) is 11.6 Å². The molecule has 172 valence electrons. The van der Waals surface area contributed by atoms with Gasteiger partial charge in [0.05, 0.1) is 0 Å². The molecule has 3 aromatic carbocycles. The van der Waals surface area contributed by atoms with Gasteiger partial charge in [-0.2, -0.15) is 0 Å². The Balaban J connectivity index is 1.71. The fourth-order valence-corrected chi connectivity index (χ4v) is 4.57. The van der Waals surface area contributed by atoms with Crippen molar-refractivity contribution in [2.24, 2.45) is 0 Å². The Hall–Kier alpha value is -2.76. The van der Waals surface area contributed by atoms with Crippen LogP contribution in [0.25, 0.3) is 0 Å². The minimum atomic E-state index is -0.575. The molecule has 0 saturated heterocycles. The van der Waals surface area contributed by atoms with Crippen LogP contribution in [-0.2, 0) is 22.6 Å². The number of benzene rings is 3. The summed E-state index contributed by atoms with van der Waals surface area (Å²) in [6.45, 7) is 0.398. The Kier molecular flexibility index (Phi) is 9.85. The fourth-order valence-electron chi connectivity index (χ4n) is 3.59. The lowest BCUT2D eigenvalue weighted by molar-refractivity contribution is -0.141. The lowest BCUT2D eigenvalue weighted by Gasteiger charge is -2.31. The van der Waals surface area contributed by atoms with Gasteiger partial charge in [0.1, 0.15) is 6.04 Å². The SMILES string of the molecule is CNC(=O)C(Cc1ccccc1)N(Cc1ccccc1)C(=O)CCCSc1ccc(Cl)cc1. The molecule has 0 aliphatic carbocycles. The summed E-state index contributed by atoms with van der Waals surface area (Å²) < 4.78 is 0. The number of hydrogen-bond acceptors (Lipinski definition) is 3. The monoisotopic (exact) mass is 480 g/mol. The number of nitrogens with zero attached hydrogens (tertiary/aromatic N) is 1. The standard InChI is InChI=1S/C27H29ClN2O2S/c1-29-27(32)25(19-21-9-4-2-5-10-21)30(20-22-11-6-3-7-12-22)26(31)13-8-18-33-24-16-14-23(28)15-17-24/h2-7,9-12,14-17,25H,8,13,18-20H2,1H3,(H,29,32). The van der Waals surface area contributed by atoms with E-state index >= 15 is 0 Å². The number of likely N-dealkylation sites (N-methyl/N-ethyl adjacent to an activating group) is 1. The van der Waals surface area contributed by atoms with Gasteiger partial charge in [0.2, 0.25) is 11.8 Å². The van der Waals surface area contributed by atoms with Crippen molar-refractivity contribution in [3.63, 3.8) is 0 Å². The predicted molar refractivity (Wildman–Crippen MR) is 136 cm³/mol. The van der Waals surface area contributed by atoms with E-state index in [0.717, 1.165) is 28.2 Å². The summed E-state index contributed by atoms with van der Waals surface area (Å²) in [5.74, 6) is 0.648. The highest BCUT2D eigenvalue weighted by molar-refractivity contribution is 7.99. The second-order valence-corrected chi connectivity index (χ2v) is 9.34. The van der Waals surface area contributed by atoms with Crippen LogP contribution in [0.1, 0.15) is 24.0 Å². The number of rotatable bonds is 11. The molecule has 0 aliphatic heterocycles. The molecule has 2 amide bonds. The van der Waals surface area contributed by atoms with Gasteiger partial charge in [-0.05, 0) is 47.6 Å². The molecule has 0 bridgehead atoms. The molecule has 0 spiro atoms. The van der Waals surface area contributed by atoms with Crippen LogP contribution < -0.4 is 5.32 Å². The van der Waals surface area contributed by atoms with Crippen molar-refractivity contribution in [1.82, 2.24) is 10.2 Å². The minimum Gasteiger partial charge on any atom is -0.357 e. The third kappa shape index (κ3) is 7.95. The zero-order chi connectivity index (χ0) is 23.5. The van der Waals surface area contributed by atoms with Crippen molar-refractivity contribution in [3.05, 3.63) is 101 Å². The summed E-state index contributed by atoms with van der Waals surface area (Å²) >= 11 is 7.65. The highest BCUT2D eigenvalue weighted by atomic mass is 35.5. The lowest BCUT2D eigenvalue weighted by atomic mass is 10.0. The highest BCUT2D eigenvalue weighted by Gasteiger charge is 2.29. The fraction of sp³-hybridized carbons (Fsp3) is 0.259. The van der Waals surface area contributed by atoms with Crippen LogP contribution in [0.4, 0.5) is 0 Å². The van der Waals surface area contributed by atoms with Crippen molar-refractivity contribution in [1.29, 1.82) is 0 Å². The largest absolute Gasteiger partial charge is 0.357 e. The van der Waals surface area contributed by atoms with Crippen molar-refractivity contribution in [2.75, 3.05) is 12.8 Å². The van der Waals surface area contributed by atoms with Gasteiger partial charge < -0.3 is 10.2 Å². The Bertz CT molecular complexity index is 1010. The van der Waals surface area contributed by atoms with Gasteiger partial charge in [-0.3, -0.25) is 9.59 Å². The van der Waals surface area contributed by atoms with Gasteiger partial charge in [0, 0.05) is 36.4 Å². The number of carbonyl (C=O) groups is 2. The molecule has 0 saturated carbocycles. The molecule has 1 atom stereocenters. The van der Waals surface area contributed by atoms with Crippen LogP contribution in [-0.4, -0.2) is 35.6 Å². The van der Waals surface area contributed by atoms with E-state index in [9.17, 15) is 9.59 Å². The van der Waals surface area contributed by atoms with Gasteiger partial charge in [-0.1, -0.05) is 72.3 Å². The number of nitrogens with one attached hydrogen (secondary N) is 1. The summed E-state index contributed by atoms with van der Waals surface area (Å²) in [4.78, 5) is 29.1. The van der Waals surface area contributed by atoms with E-state index in [1.54, 1.807) is 23.7 Å². The van der Waals surface area contributed by atoms with Crippen molar-refractivity contribution in [2.45, 2.75) is 36.7 Å². The number of thioether (sulfide) groups is 1. The third-order valence-electron chi connectivity index (χ3n) is 5.33. The minimum absolute atomic E-state index is 0.0138. The van der Waals surface area contributed by atoms with E-state index in [1.807, 2.05) is 84.9 Å². The average Bonchev–Trinajstić information content (AvgIpc) is 2.85. The van der Waals surface area contributed by atoms with Gasteiger partial charge in [-0.25, -0.2) is 0 Å². The zero-order valence-electron chi connectivity index (χ0n) is 18.7. The molecule has 3 rings (SSSR count). The molecule has 0 heterocycles. The van der Waals surface area contributed by atoms with Crippen LogP contribution in [0.3, 0.4) is 0 Å². The molecule has 4 nitrogen and oxygen atoms in total. The first-order chi connectivity index (χ1) is 16.1. The zero-order valence-corrected chi connectivity index (χ0v) is 20.3. The number of carbonyl (C=O) groups excluding carboxylic acids is 2. The van der Waals surface area contributed by atoms with Crippen LogP contribution in [0.5, 0.6) is 0 Å². The molecule has 33 heavy (non-hydrogen) atoms. The van der Waals surface area contributed by atoms with E-state index in [1.165, 1.54) is 0 Å². The predicted octanol–water partition coefficient (Wildman–Crippen LogP) is 5.60. The Labute approximate surface area is 205 Å². The van der Waals surface area contributed by atoms with Gasteiger partial charge in [0.25, 0.3) is 0 Å². The topological polar surface area (TPSA) is 49.4 Å².